The number of methoxy groups -OCH3 is 1. The Kier molecular flexibility index (Phi) is 3.99. The smallest absolute Gasteiger partial charge is 0.119 e. The number of benzene rings is 1. The third-order valence-electron chi connectivity index (χ3n) is 3.11. The van der Waals surface area contributed by atoms with E-state index in [4.69, 9.17) is 4.74 Å². The summed E-state index contributed by atoms with van der Waals surface area (Å²) in [5.74, 6) is 0.890. The van der Waals surface area contributed by atoms with Gasteiger partial charge >= 0.3 is 0 Å². The number of hydrogen-bond acceptors (Lipinski definition) is 3. The molecule has 0 spiro atoms. The van der Waals surface area contributed by atoms with Crippen LogP contribution in [-0.4, -0.2) is 16.9 Å². The van der Waals surface area contributed by atoms with Crippen molar-refractivity contribution in [3.63, 3.8) is 0 Å². The first-order chi connectivity index (χ1) is 8.70. The average molecular weight is 245 g/mol. The van der Waals surface area contributed by atoms with Crippen LogP contribution in [0.5, 0.6) is 5.75 Å². The highest BCUT2D eigenvalue weighted by atomic mass is 16.5. The van der Waals surface area contributed by atoms with Gasteiger partial charge in [0.2, 0.25) is 0 Å². The van der Waals surface area contributed by atoms with Crippen molar-refractivity contribution < 1.29 is 4.74 Å². The summed E-state index contributed by atoms with van der Waals surface area (Å²) >= 11 is 0. The van der Waals surface area contributed by atoms with E-state index in [1.807, 2.05) is 36.1 Å². The zero-order valence-corrected chi connectivity index (χ0v) is 11.1. The first-order valence-electron chi connectivity index (χ1n) is 6.05. The Morgan fingerprint density at radius 1 is 1.39 bits per heavy atom. The molecule has 0 aliphatic carbocycles. The van der Waals surface area contributed by atoms with E-state index in [0.717, 1.165) is 12.3 Å². The molecule has 1 heterocycles. The lowest BCUT2D eigenvalue weighted by molar-refractivity contribution is 0.413. The predicted molar refractivity (Wildman–Crippen MR) is 71.5 cm³/mol. The normalized spacial score (nSPS) is 12.4. The van der Waals surface area contributed by atoms with Crippen LogP contribution in [0.2, 0.25) is 0 Å². The SMILES string of the molecule is COc1cccc([C@H](C)NCc2ccnn2C)c1. The van der Waals surface area contributed by atoms with Gasteiger partial charge in [-0.1, -0.05) is 12.1 Å². The van der Waals surface area contributed by atoms with Gasteiger partial charge in [-0.25, -0.2) is 0 Å². The molecule has 0 saturated heterocycles. The third kappa shape index (κ3) is 2.90. The lowest BCUT2D eigenvalue weighted by Gasteiger charge is -2.15. The van der Waals surface area contributed by atoms with Gasteiger partial charge in [-0.2, -0.15) is 5.10 Å². The van der Waals surface area contributed by atoms with Gasteiger partial charge in [0.05, 0.1) is 12.8 Å². The Hall–Kier alpha value is -1.81. The zero-order valence-electron chi connectivity index (χ0n) is 11.1. The molecule has 0 bridgehead atoms. The Morgan fingerprint density at radius 3 is 2.89 bits per heavy atom. The fourth-order valence-electron chi connectivity index (χ4n) is 1.86. The second-order valence-electron chi connectivity index (χ2n) is 4.33. The number of ether oxygens (including phenoxy) is 1. The van der Waals surface area contributed by atoms with E-state index in [1.54, 1.807) is 7.11 Å². The second kappa shape index (κ2) is 5.69. The molecule has 4 nitrogen and oxygen atoms in total. The molecular weight excluding hydrogens is 226 g/mol. The van der Waals surface area contributed by atoms with Crippen LogP contribution in [-0.2, 0) is 13.6 Å². The van der Waals surface area contributed by atoms with Crippen molar-refractivity contribution in [2.24, 2.45) is 7.05 Å². The minimum atomic E-state index is 0.273. The van der Waals surface area contributed by atoms with Gasteiger partial charge < -0.3 is 10.1 Å². The zero-order chi connectivity index (χ0) is 13.0. The van der Waals surface area contributed by atoms with E-state index < -0.39 is 0 Å². The molecule has 0 unspecified atom stereocenters. The molecule has 0 aliphatic heterocycles. The lowest BCUT2D eigenvalue weighted by Crippen LogP contribution is -2.19. The summed E-state index contributed by atoms with van der Waals surface area (Å²) in [6.45, 7) is 2.94. The summed E-state index contributed by atoms with van der Waals surface area (Å²) in [5, 5.41) is 7.63. The molecule has 18 heavy (non-hydrogen) atoms. The van der Waals surface area contributed by atoms with E-state index in [0.29, 0.717) is 0 Å². The quantitative estimate of drug-likeness (QED) is 0.878. The van der Waals surface area contributed by atoms with Crippen LogP contribution in [0.4, 0.5) is 0 Å². The molecule has 1 atom stereocenters. The molecule has 1 aromatic carbocycles. The van der Waals surface area contributed by atoms with Crippen molar-refractivity contribution >= 4 is 0 Å². The number of aromatic nitrogens is 2. The van der Waals surface area contributed by atoms with Crippen LogP contribution < -0.4 is 10.1 Å². The maximum atomic E-state index is 5.23. The molecule has 0 amide bonds. The largest absolute Gasteiger partial charge is 0.497 e. The summed E-state index contributed by atoms with van der Waals surface area (Å²) in [4.78, 5) is 0. The summed E-state index contributed by atoms with van der Waals surface area (Å²) in [6.07, 6.45) is 1.81. The number of hydrogen-bond donors (Lipinski definition) is 1. The maximum Gasteiger partial charge on any atom is 0.119 e. The van der Waals surface area contributed by atoms with E-state index in [1.165, 1.54) is 11.3 Å². The predicted octanol–water partition coefficient (Wildman–Crippen LogP) is 2.28. The van der Waals surface area contributed by atoms with E-state index >= 15 is 0 Å². The second-order valence-corrected chi connectivity index (χ2v) is 4.33. The van der Waals surface area contributed by atoms with Crippen molar-refractivity contribution in [1.82, 2.24) is 15.1 Å². The number of nitrogens with zero attached hydrogens (tertiary/aromatic N) is 2. The van der Waals surface area contributed by atoms with Crippen molar-refractivity contribution in [2.45, 2.75) is 19.5 Å². The van der Waals surface area contributed by atoms with Gasteiger partial charge in [0.15, 0.2) is 0 Å². The van der Waals surface area contributed by atoms with E-state index in [2.05, 4.69) is 29.5 Å². The Bertz CT molecular complexity index is 507. The summed E-state index contributed by atoms with van der Waals surface area (Å²) in [6, 6.07) is 10.4. The highest BCUT2D eigenvalue weighted by Crippen LogP contribution is 2.18. The molecule has 96 valence electrons. The van der Waals surface area contributed by atoms with Gasteiger partial charge in [0.1, 0.15) is 5.75 Å². The van der Waals surface area contributed by atoms with Crippen molar-refractivity contribution in [3.05, 3.63) is 47.8 Å². The van der Waals surface area contributed by atoms with Crippen molar-refractivity contribution in [2.75, 3.05) is 7.11 Å². The molecule has 2 rings (SSSR count). The van der Waals surface area contributed by atoms with Crippen LogP contribution in [0, 0.1) is 0 Å². The Labute approximate surface area is 108 Å². The standard InChI is InChI=1S/C14H19N3O/c1-11(12-5-4-6-14(9-12)18-3)15-10-13-7-8-16-17(13)2/h4-9,11,15H,10H2,1-3H3/t11-/m0/s1. The first-order valence-corrected chi connectivity index (χ1v) is 6.05. The van der Waals surface area contributed by atoms with Crippen LogP contribution in [0.15, 0.2) is 36.5 Å². The molecular formula is C14H19N3O. The Morgan fingerprint density at radius 2 is 2.22 bits per heavy atom. The Balaban J connectivity index is 1.99. The number of rotatable bonds is 5. The summed E-state index contributed by atoms with van der Waals surface area (Å²) < 4.78 is 7.11. The molecule has 1 aromatic heterocycles. The average Bonchev–Trinajstić information content (AvgIpc) is 2.81. The van der Waals surface area contributed by atoms with Gasteiger partial charge in [-0.3, -0.25) is 4.68 Å². The lowest BCUT2D eigenvalue weighted by atomic mass is 10.1. The monoisotopic (exact) mass is 245 g/mol. The minimum absolute atomic E-state index is 0.273. The van der Waals surface area contributed by atoms with E-state index in [9.17, 15) is 0 Å². The topological polar surface area (TPSA) is 39.1 Å². The van der Waals surface area contributed by atoms with Crippen molar-refractivity contribution in [3.8, 4) is 5.75 Å². The van der Waals surface area contributed by atoms with Crippen LogP contribution in [0.1, 0.15) is 24.2 Å². The highest BCUT2D eigenvalue weighted by molar-refractivity contribution is 5.30. The molecule has 0 aliphatic rings. The highest BCUT2D eigenvalue weighted by Gasteiger charge is 2.07. The van der Waals surface area contributed by atoms with Gasteiger partial charge in [0, 0.05) is 25.8 Å². The molecule has 2 aromatic rings. The molecule has 1 N–H and O–H groups in total. The van der Waals surface area contributed by atoms with Gasteiger partial charge in [-0.15, -0.1) is 0 Å². The van der Waals surface area contributed by atoms with Crippen molar-refractivity contribution in [1.29, 1.82) is 0 Å². The number of aryl methyl sites for hydroxylation is 1. The van der Waals surface area contributed by atoms with Gasteiger partial charge in [-0.05, 0) is 30.7 Å². The molecule has 0 radical (unpaired) electrons. The fraction of sp³-hybridized carbons (Fsp3) is 0.357. The summed E-state index contributed by atoms with van der Waals surface area (Å²) in [7, 11) is 3.64. The maximum absolute atomic E-state index is 5.23. The van der Waals surface area contributed by atoms with Crippen LogP contribution >= 0.6 is 0 Å². The fourth-order valence-corrected chi connectivity index (χ4v) is 1.86. The first kappa shape index (κ1) is 12.6. The molecule has 4 heteroatoms. The molecule has 0 fully saturated rings. The summed E-state index contributed by atoms with van der Waals surface area (Å²) in [5.41, 5.74) is 2.39. The third-order valence-corrected chi connectivity index (χ3v) is 3.11. The van der Waals surface area contributed by atoms with Gasteiger partial charge in [0.25, 0.3) is 0 Å². The van der Waals surface area contributed by atoms with Crippen LogP contribution in [0.25, 0.3) is 0 Å². The number of nitrogens with one attached hydrogen (secondary N) is 1. The van der Waals surface area contributed by atoms with Crippen LogP contribution in [0.3, 0.4) is 0 Å². The molecule has 0 saturated carbocycles. The minimum Gasteiger partial charge on any atom is -0.497 e. The van der Waals surface area contributed by atoms with E-state index in [-0.39, 0.29) is 6.04 Å².